The van der Waals surface area contributed by atoms with Crippen molar-refractivity contribution in [3.8, 4) is 5.75 Å². The van der Waals surface area contributed by atoms with E-state index in [1.165, 1.54) is 18.2 Å². The Bertz CT molecular complexity index is 529. The van der Waals surface area contributed by atoms with E-state index >= 15 is 0 Å². The van der Waals surface area contributed by atoms with Crippen molar-refractivity contribution in [1.82, 2.24) is 5.32 Å². The van der Waals surface area contributed by atoms with Crippen LogP contribution >= 0.6 is 0 Å². The molecule has 16 heavy (non-hydrogen) atoms. The van der Waals surface area contributed by atoms with E-state index in [2.05, 4.69) is 5.32 Å². The number of ketones is 2. The molecule has 0 saturated heterocycles. The van der Waals surface area contributed by atoms with Crippen molar-refractivity contribution < 1.29 is 14.7 Å². The highest BCUT2D eigenvalue weighted by atomic mass is 16.3. The van der Waals surface area contributed by atoms with Crippen molar-refractivity contribution in [3.05, 3.63) is 34.9 Å². The van der Waals surface area contributed by atoms with Gasteiger partial charge in [0.2, 0.25) is 11.6 Å². The number of carbonyl (C=O) groups excluding carboxylic acids is 2. The molecule has 4 heteroatoms. The molecular formula is C12H11NO3. The molecule has 0 spiro atoms. The van der Waals surface area contributed by atoms with Gasteiger partial charge in [0.15, 0.2) is 0 Å². The summed E-state index contributed by atoms with van der Waals surface area (Å²) in [6, 6.07) is 3.03. The molecule has 4 nitrogen and oxygen atoms in total. The van der Waals surface area contributed by atoms with E-state index < -0.39 is 11.6 Å². The molecule has 1 aromatic rings. The monoisotopic (exact) mass is 217 g/mol. The lowest BCUT2D eigenvalue weighted by Gasteiger charge is -2.17. The first-order valence-electron chi connectivity index (χ1n) is 4.86. The fraction of sp³-hybridized carbons (Fsp3) is 0.167. The van der Waals surface area contributed by atoms with Gasteiger partial charge in [-0.1, -0.05) is 0 Å². The second-order valence-electron chi connectivity index (χ2n) is 3.69. The number of aromatic hydroxyl groups is 1. The molecule has 0 aromatic heterocycles. The van der Waals surface area contributed by atoms with E-state index in [0.717, 1.165) is 0 Å². The summed E-state index contributed by atoms with van der Waals surface area (Å²) in [6.07, 6.45) is 1.25. The first kappa shape index (κ1) is 10.4. The van der Waals surface area contributed by atoms with Gasteiger partial charge in [-0.15, -0.1) is 0 Å². The van der Waals surface area contributed by atoms with Crippen LogP contribution in [0.5, 0.6) is 5.75 Å². The summed E-state index contributed by atoms with van der Waals surface area (Å²) in [5, 5.41) is 12.4. The lowest BCUT2D eigenvalue weighted by atomic mass is 9.91. The third kappa shape index (κ3) is 1.39. The molecule has 0 amide bonds. The fourth-order valence-electron chi connectivity index (χ4n) is 1.72. The lowest BCUT2D eigenvalue weighted by molar-refractivity contribution is -0.111. The average Bonchev–Trinajstić information content (AvgIpc) is 2.26. The van der Waals surface area contributed by atoms with Crippen LogP contribution in [-0.4, -0.2) is 23.7 Å². The van der Waals surface area contributed by atoms with Crippen LogP contribution in [0.2, 0.25) is 0 Å². The number of aryl methyl sites for hydroxylation is 1. The predicted octanol–water partition coefficient (Wildman–Crippen LogP) is 1.03. The fourth-order valence-corrected chi connectivity index (χ4v) is 1.72. The number of rotatable bonds is 1. The molecular weight excluding hydrogens is 206 g/mol. The van der Waals surface area contributed by atoms with Gasteiger partial charge in [0.25, 0.3) is 0 Å². The highest BCUT2D eigenvalue weighted by Gasteiger charge is 2.26. The maximum absolute atomic E-state index is 11.6. The van der Waals surface area contributed by atoms with E-state index in [1.807, 2.05) is 0 Å². The Kier molecular flexibility index (Phi) is 2.27. The normalized spacial score (nSPS) is 14.5. The molecule has 1 aliphatic rings. The number of carbonyl (C=O) groups is 2. The molecule has 0 saturated carbocycles. The van der Waals surface area contributed by atoms with Crippen molar-refractivity contribution in [2.75, 3.05) is 7.05 Å². The molecule has 0 unspecified atom stereocenters. The Morgan fingerprint density at radius 3 is 2.50 bits per heavy atom. The standard InChI is InChI=1S/C12H11NO3/c1-6-3-8-7(4-10(6)14)9(13-2)5-11(15)12(8)16/h3-5,13-14H,1-2H3. The van der Waals surface area contributed by atoms with Gasteiger partial charge >= 0.3 is 0 Å². The summed E-state index contributed by atoms with van der Waals surface area (Å²) >= 11 is 0. The molecule has 1 aromatic carbocycles. The van der Waals surface area contributed by atoms with Crippen molar-refractivity contribution in [2.24, 2.45) is 0 Å². The van der Waals surface area contributed by atoms with Crippen LogP contribution in [0.4, 0.5) is 0 Å². The zero-order valence-corrected chi connectivity index (χ0v) is 9.00. The van der Waals surface area contributed by atoms with Crippen molar-refractivity contribution in [2.45, 2.75) is 6.92 Å². The molecule has 82 valence electrons. The summed E-state index contributed by atoms with van der Waals surface area (Å²) < 4.78 is 0. The average molecular weight is 217 g/mol. The van der Waals surface area contributed by atoms with Gasteiger partial charge in [0.05, 0.1) is 0 Å². The molecule has 0 heterocycles. The van der Waals surface area contributed by atoms with Gasteiger partial charge in [-0.25, -0.2) is 0 Å². The number of fused-ring (bicyclic) bond motifs is 1. The molecule has 0 aliphatic heterocycles. The van der Waals surface area contributed by atoms with E-state index in [4.69, 9.17) is 0 Å². The molecule has 0 atom stereocenters. The van der Waals surface area contributed by atoms with Crippen LogP contribution in [0, 0.1) is 6.92 Å². The van der Waals surface area contributed by atoms with Crippen LogP contribution in [0.3, 0.4) is 0 Å². The minimum atomic E-state index is -0.540. The van der Waals surface area contributed by atoms with E-state index in [9.17, 15) is 14.7 Å². The number of Topliss-reactive ketones (excluding diaryl/α,β-unsaturated/α-hetero) is 1. The third-order valence-corrected chi connectivity index (χ3v) is 2.64. The summed E-state index contributed by atoms with van der Waals surface area (Å²) in [5.74, 6) is -0.957. The van der Waals surface area contributed by atoms with Crippen molar-refractivity contribution in [1.29, 1.82) is 0 Å². The molecule has 0 bridgehead atoms. The van der Waals surface area contributed by atoms with Gasteiger partial charge < -0.3 is 10.4 Å². The predicted molar refractivity (Wildman–Crippen MR) is 59.2 cm³/mol. The highest BCUT2D eigenvalue weighted by Crippen LogP contribution is 2.29. The van der Waals surface area contributed by atoms with Gasteiger partial charge in [-0.2, -0.15) is 0 Å². The van der Waals surface area contributed by atoms with Crippen LogP contribution in [0.25, 0.3) is 5.70 Å². The van der Waals surface area contributed by atoms with Crippen molar-refractivity contribution in [3.63, 3.8) is 0 Å². The molecule has 2 rings (SSSR count). The Hall–Kier alpha value is -2.10. The van der Waals surface area contributed by atoms with E-state index in [0.29, 0.717) is 22.4 Å². The van der Waals surface area contributed by atoms with E-state index in [-0.39, 0.29) is 5.75 Å². The largest absolute Gasteiger partial charge is 0.508 e. The van der Waals surface area contributed by atoms with E-state index in [1.54, 1.807) is 14.0 Å². The quantitative estimate of drug-likeness (QED) is 0.689. The van der Waals surface area contributed by atoms with Gasteiger partial charge in [0.1, 0.15) is 5.75 Å². The number of phenols is 1. The number of nitrogens with one attached hydrogen (secondary N) is 1. The smallest absolute Gasteiger partial charge is 0.233 e. The number of hydrogen-bond donors (Lipinski definition) is 2. The Morgan fingerprint density at radius 2 is 1.88 bits per heavy atom. The van der Waals surface area contributed by atoms with Gasteiger partial charge in [-0.05, 0) is 24.6 Å². The molecule has 1 aliphatic carbocycles. The zero-order chi connectivity index (χ0) is 11.9. The Balaban J connectivity index is 2.73. The number of phenolic OH excluding ortho intramolecular Hbond substituents is 1. The molecule has 0 fully saturated rings. The van der Waals surface area contributed by atoms with Crippen LogP contribution in [0.1, 0.15) is 21.5 Å². The topological polar surface area (TPSA) is 66.4 Å². The Labute approximate surface area is 92.6 Å². The Morgan fingerprint density at radius 1 is 1.19 bits per heavy atom. The maximum Gasteiger partial charge on any atom is 0.233 e. The zero-order valence-electron chi connectivity index (χ0n) is 9.00. The molecule has 2 N–H and O–H groups in total. The summed E-state index contributed by atoms with van der Waals surface area (Å²) in [4.78, 5) is 23.0. The summed E-state index contributed by atoms with van der Waals surface area (Å²) in [5.41, 5.74) is 2.04. The minimum Gasteiger partial charge on any atom is -0.508 e. The van der Waals surface area contributed by atoms with Gasteiger partial charge in [0, 0.05) is 29.9 Å². The maximum atomic E-state index is 11.6. The minimum absolute atomic E-state index is 0.113. The second kappa shape index (κ2) is 3.48. The third-order valence-electron chi connectivity index (χ3n) is 2.64. The van der Waals surface area contributed by atoms with Crippen LogP contribution < -0.4 is 5.32 Å². The van der Waals surface area contributed by atoms with Crippen LogP contribution in [-0.2, 0) is 4.79 Å². The summed E-state index contributed by atoms with van der Waals surface area (Å²) in [7, 11) is 1.66. The lowest BCUT2D eigenvalue weighted by Crippen LogP contribution is -2.22. The number of hydrogen-bond acceptors (Lipinski definition) is 4. The summed E-state index contributed by atoms with van der Waals surface area (Å²) in [6.45, 7) is 1.69. The second-order valence-corrected chi connectivity index (χ2v) is 3.69. The van der Waals surface area contributed by atoms with Crippen LogP contribution in [0.15, 0.2) is 18.2 Å². The number of benzene rings is 1. The molecule has 0 radical (unpaired) electrons. The van der Waals surface area contributed by atoms with Crippen molar-refractivity contribution >= 4 is 17.3 Å². The van der Waals surface area contributed by atoms with Gasteiger partial charge in [-0.3, -0.25) is 9.59 Å². The first-order chi connectivity index (χ1) is 7.54. The highest BCUT2D eigenvalue weighted by molar-refractivity contribution is 6.50. The SMILES string of the molecule is CNC1=CC(=O)C(=O)c2cc(C)c(O)cc21. The number of allylic oxidation sites excluding steroid dienone is 1. The first-order valence-corrected chi connectivity index (χ1v) is 4.86.